The highest BCUT2D eigenvalue weighted by Crippen LogP contribution is 2.42. The third-order valence-corrected chi connectivity index (χ3v) is 3.94. The first-order chi connectivity index (χ1) is 10.6. The Bertz CT molecular complexity index is 876. The lowest BCUT2D eigenvalue weighted by atomic mass is 9.76. The summed E-state index contributed by atoms with van der Waals surface area (Å²) in [5.41, 5.74) is 0.646. The number of carboxylic acid groups (broad SMARTS) is 1. The predicted molar refractivity (Wildman–Crippen MR) is 78.8 cm³/mol. The molecule has 108 valence electrons. The Labute approximate surface area is 124 Å². The molecule has 0 aromatic heterocycles. The van der Waals surface area contributed by atoms with Gasteiger partial charge >= 0.3 is 5.97 Å². The second kappa shape index (κ2) is 5.04. The number of aromatic carboxylic acids is 1. The molecule has 0 bridgehead atoms. The Morgan fingerprint density at radius 3 is 2.41 bits per heavy atom. The normalized spacial score (nSPS) is 16.5. The monoisotopic (exact) mass is 294 g/mol. The van der Waals surface area contributed by atoms with Crippen LogP contribution in [0.2, 0.25) is 0 Å². The van der Waals surface area contributed by atoms with Crippen LogP contribution >= 0.6 is 0 Å². The molecule has 5 heteroatoms. The van der Waals surface area contributed by atoms with Crippen molar-refractivity contribution in [1.29, 1.82) is 0 Å². The van der Waals surface area contributed by atoms with E-state index in [4.69, 9.17) is 0 Å². The first kappa shape index (κ1) is 13.9. The van der Waals surface area contributed by atoms with Crippen molar-refractivity contribution >= 4 is 41.2 Å². The lowest BCUT2D eigenvalue weighted by Crippen LogP contribution is -2.17. The fraction of sp³-hybridized carbons (Fsp3) is 0.0588. The molecule has 2 aromatic carbocycles. The third-order valence-electron chi connectivity index (χ3n) is 3.94. The first-order valence-electron chi connectivity index (χ1n) is 6.53. The summed E-state index contributed by atoms with van der Waals surface area (Å²) in [6.45, 7) is 0. The molecular weight excluding hydrogens is 284 g/mol. The van der Waals surface area contributed by atoms with Crippen LogP contribution in [-0.4, -0.2) is 29.9 Å². The van der Waals surface area contributed by atoms with E-state index < -0.39 is 11.9 Å². The number of carbonyl (C=O) groups is 4. The number of carboxylic acids is 1. The maximum atomic E-state index is 11.5. The maximum absolute atomic E-state index is 11.5. The highest BCUT2D eigenvalue weighted by atomic mass is 16.4. The molecule has 1 aliphatic rings. The number of allylic oxidation sites excluding steroid dienone is 2. The van der Waals surface area contributed by atoms with Crippen LogP contribution in [0.1, 0.15) is 27.4 Å². The fourth-order valence-corrected chi connectivity index (χ4v) is 3.01. The number of hydrogen-bond acceptors (Lipinski definition) is 4. The second-order valence-corrected chi connectivity index (χ2v) is 4.96. The number of aldehydes is 3. The summed E-state index contributed by atoms with van der Waals surface area (Å²) >= 11 is 0. The number of hydrogen-bond donors (Lipinski definition) is 1. The van der Waals surface area contributed by atoms with Gasteiger partial charge < -0.3 is 9.90 Å². The molecule has 0 saturated carbocycles. The largest absolute Gasteiger partial charge is 0.478 e. The lowest BCUT2D eigenvalue weighted by Gasteiger charge is -2.24. The molecule has 22 heavy (non-hydrogen) atoms. The van der Waals surface area contributed by atoms with Crippen LogP contribution < -0.4 is 0 Å². The molecule has 3 rings (SSSR count). The molecule has 0 heterocycles. The van der Waals surface area contributed by atoms with Gasteiger partial charge in [0.15, 0.2) is 6.29 Å². The van der Waals surface area contributed by atoms with E-state index in [0.717, 1.165) is 0 Å². The number of carbonyl (C=O) groups excluding carboxylic acids is 3. The topological polar surface area (TPSA) is 88.5 Å². The molecule has 1 unspecified atom stereocenters. The summed E-state index contributed by atoms with van der Waals surface area (Å²) in [6.07, 6.45) is 1.49. The zero-order valence-corrected chi connectivity index (χ0v) is 11.3. The number of rotatable bonds is 4. The predicted octanol–water partition coefficient (Wildman–Crippen LogP) is 1.99. The molecule has 0 fully saturated rings. The van der Waals surface area contributed by atoms with Crippen LogP contribution in [-0.2, 0) is 14.4 Å². The van der Waals surface area contributed by atoms with Gasteiger partial charge in [-0.2, -0.15) is 0 Å². The molecule has 0 spiro atoms. The Morgan fingerprint density at radius 1 is 1.05 bits per heavy atom. The minimum atomic E-state index is -1.19. The van der Waals surface area contributed by atoms with Gasteiger partial charge in [0.1, 0.15) is 12.6 Å². The Hall–Kier alpha value is -3.08. The highest BCUT2D eigenvalue weighted by molar-refractivity contribution is 6.24. The van der Waals surface area contributed by atoms with Crippen molar-refractivity contribution in [1.82, 2.24) is 0 Å². The quantitative estimate of drug-likeness (QED) is 0.871. The molecule has 5 nitrogen and oxygen atoms in total. The van der Waals surface area contributed by atoms with Crippen molar-refractivity contribution in [3.63, 3.8) is 0 Å². The lowest BCUT2D eigenvalue weighted by molar-refractivity contribution is -0.110. The fourth-order valence-electron chi connectivity index (χ4n) is 3.01. The van der Waals surface area contributed by atoms with E-state index in [9.17, 15) is 24.3 Å². The highest BCUT2D eigenvalue weighted by Gasteiger charge is 2.31. The maximum Gasteiger partial charge on any atom is 0.336 e. The molecule has 2 aromatic rings. The Balaban J connectivity index is 2.59. The average Bonchev–Trinajstić information content (AvgIpc) is 2.54. The van der Waals surface area contributed by atoms with Gasteiger partial charge in [0.2, 0.25) is 0 Å². The summed E-state index contributed by atoms with van der Waals surface area (Å²) in [7, 11) is 0. The molecule has 0 aliphatic heterocycles. The Morgan fingerprint density at radius 2 is 1.82 bits per heavy atom. The van der Waals surface area contributed by atoms with E-state index in [1.165, 1.54) is 6.07 Å². The van der Waals surface area contributed by atoms with Gasteiger partial charge in [-0.25, -0.2) is 4.79 Å². The van der Waals surface area contributed by atoms with E-state index in [1.807, 2.05) is 0 Å². The van der Waals surface area contributed by atoms with E-state index in [1.54, 1.807) is 24.3 Å². The van der Waals surface area contributed by atoms with Crippen molar-refractivity contribution in [2.24, 2.45) is 0 Å². The van der Waals surface area contributed by atoms with Crippen molar-refractivity contribution in [3.05, 3.63) is 52.6 Å². The summed E-state index contributed by atoms with van der Waals surface area (Å²) < 4.78 is 0. The van der Waals surface area contributed by atoms with Gasteiger partial charge in [-0.15, -0.1) is 0 Å². The van der Waals surface area contributed by atoms with Crippen molar-refractivity contribution in [2.45, 2.75) is 5.92 Å². The van der Waals surface area contributed by atoms with E-state index in [-0.39, 0.29) is 22.3 Å². The summed E-state index contributed by atoms with van der Waals surface area (Å²) in [5, 5.41) is 10.6. The third kappa shape index (κ3) is 1.72. The molecular formula is C17H10O5. The van der Waals surface area contributed by atoms with Gasteiger partial charge in [0, 0.05) is 16.7 Å². The van der Waals surface area contributed by atoms with Crippen LogP contribution in [0.15, 0.2) is 35.9 Å². The number of benzene rings is 2. The first-order valence-corrected chi connectivity index (χ1v) is 6.53. The van der Waals surface area contributed by atoms with E-state index in [0.29, 0.717) is 35.2 Å². The standard InChI is InChI=1S/C17H10O5/c18-6-12-10-3-1-2-9-4-5-11(17(21)22)16(15(9)10)14(8-20)13(12)7-19/h1-8,12H,(H,21,22). The van der Waals surface area contributed by atoms with Gasteiger partial charge in [-0.05, 0) is 22.4 Å². The van der Waals surface area contributed by atoms with Crippen molar-refractivity contribution in [2.75, 3.05) is 0 Å². The molecule has 0 amide bonds. The van der Waals surface area contributed by atoms with Gasteiger partial charge in [-0.3, -0.25) is 9.59 Å². The van der Waals surface area contributed by atoms with Crippen LogP contribution in [0.3, 0.4) is 0 Å². The zero-order chi connectivity index (χ0) is 15.9. The second-order valence-electron chi connectivity index (χ2n) is 4.96. The zero-order valence-electron chi connectivity index (χ0n) is 11.3. The summed E-state index contributed by atoms with van der Waals surface area (Å²) in [6, 6.07) is 8.19. The minimum Gasteiger partial charge on any atom is -0.478 e. The van der Waals surface area contributed by atoms with Crippen LogP contribution in [0, 0.1) is 0 Å². The minimum absolute atomic E-state index is 0.00120. The van der Waals surface area contributed by atoms with E-state index in [2.05, 4.69) is 0 Å². The molecule has 1 atom stereocenters. The molecule has 1 aliphatic carbocycles. The average molecular weight is 294 g/mol. The molecule has 0 radical (unpaired) electrons. The van der Waals surface area contributed by atoms with Crippen molar-refractivity contribution in [3.8, 4) is 0 Å². The molecule has 1 N–H and O–H groups in total. The van der Waals surface area contributed by atoms with E-state index >= 15 is 0 Å². The van der Waals surface area contributed by atoms with Crippen LogP contribution in [0.4, 0.5) is 0 Å². The van der Waals surface area contributed by atoms with Gasteiger partial charge in [0.05, 0.1) is 11.5 Å². The summed E-state index contributed by atoms with van der Waals surface area (Å²) in [4.78, 5) is 45.8. The van der Waals surface area contributed by atoms with Crippen molar-refractivity contribution < 1.29 is 24.3 Å². The van der Waals surface area contributed by atoms with Crippen LogP contribution in [0.5, 0.6) is 0 Å². The molecule has 0 saturated heterocycles. The Kier molecular flexibility index (Phi) is 3.18. The van der Waals surface area contributed by atoms with Gasteiger partial charge in [0.25, 0.3) is 0 Å². The summed E-state index contributed by atoms with van der Waals surface area (Å²) in [5.74, 6) is -2.06. The van der Waals surface area contributed by atoms with Crippen LogP contribution in [0.25, 0.3) is 16.3 Å². The SMILES string of the molecule is O=CC1=C(C=O)C(C=O)c2cccc3ccc(C(=O)O)c1c23. The van der Waals surface area contributed by atoms with Gasteiger partial charge in [-0.1, -0.05) is 24.3 Å². The smallest absolute Gasteiger partial charge is 0.336 e.